The Morgan fingerprint density at radius 3 is 1.25 bits per heavy atom. The van der Waals surface area contributed by atoms with E-state index in [0.717, 1.165) is 22.7 Å². The molecule has 0 aliphatic heterocycles. The maximum atomic E-state index is 2.42. The van der Waals surface area contributed by atoms with Crippen molar-refractivity contribution in [1.82, 2.24) is 0 Å². The van der Waals surface area contributed by atoms with Gasteiger partial charge in [-0.15, -0.1) is 0 Å². The van der Waals surface area contributed by atoms with E-state index in [-0.39, 0.29) is 0 Å². The van der Waals surface area contributed by atoms with Gasteiger partial charge in [0.25, 0.3) is 0 Å². The molecule has 0 saturated carbocycles. The second-order valence-corrected chi connectivity index (χ2v) is 13.5. The molecule has 0 bridgehead atoms. The van der Waals surface area contributed by atoms with E-state index in [9.17, 15) is 0 Å². The molecule has 0 saturated heterocycles. The fourth-order valence-electron chi connectivity index (χ4n) is 7.82. The molecule has 0 N–H and O–H groups in total. The number of anilines is 6. The van der Waals surface area contributed by atoms with E-state index in [4.69, 9.17) is 0 Å². The SMILES string of the molecule is Cc1ccc2ccccc2c1N(c1ccccc1)c1ccc(-c2ccc(N(c3ccccc3)c3c(C)c4ccccc4c4ccccc34)cc2)cc1. The number of hydrogen-bond donors (Lipinski definition) is 0. The van der Waals surface area contributed by atoms with E-state index in [2.05, 4.69) is 218 Å². The van der Waals surface area contributed by atoms with Crippen LogP contribution in [0.4, 0.5) is 34.1 Å². The minimum absolute atomic E-state index is 1.12. The van der Waals surface area contributed by atoms with Gasteiger partial charge in [-0.3, -0.25) is 0 Å². The van der Waals surface area contributed by atoms with Crippen molar-refractivity contribution in [1.29, 1.82) is 0 Å². The Bertz CT molecular complexity index is 2680. The van der Waals surface area contributed by atoms with Gasteiger partial charge < -0.3 is 9.80 Å². The maximum Gasteiger partial charge on any atom is 0.0575 e. The van der Waals surface area contributed by atoms with Crippen LogP contribution in [0.15, 0.2) is 194 Å². The van der Waals surface area contributed by atoms with Gasteiger partial charge in [0.2, 0.25) is 0 Å². The molecule has 9 aromatic rings. The highest BCUT2D eigenvalue weighted by Gasteiger charge is 2.21. The number of rotatable bonds is 7. The van der Waals surface area contributed by atoms with Gasteiger partial charge in [0.15, 0.2) is 0 Å². The quantitative estimate of drug-likeness (QED) is 0.156. The second-order valence-electron chi connectivity index (χ2n) is 13.5. The monoisotopic (exact) mass is 666 g/mol. The van der Waals surface area contributed by atoms with Crippen molar-refractivity contribution in [3.63, 3.8) is 0 Å². The second kappa shape index (κ2) is 13.2. The number of para-hydroxylation sites is 2. The van der Waals surface area contributed by atoms with Gasteiger partial charge >= 0.3 is 0 Å². The number of aryl methyl sites for hydroxylation is 2. The Kier molecular flexibility index (Phi) is 7.98. The molecule has 9 aromatic carbocycles. The third kappa shape index (κ3) is 5.46. The summed E-state index contributed by atoms with van der Waals surface area (Å²) in [5.74, 6) is 0. The molecule has 0 unspecified atom stereocenters. The largest absolute Gasteiger partial charge is 0.310 e. The molecule has 248 valence electrons. The lowest BCUT2D eigenvalue weighted by molar-refractivity contribution is 1.27. The number of fused-ring (bicyclic) bond motifs is 4. The van der Waals surface area contributed by atoms with Crippen LogP contribution >= 0.6 is 0 Å². The van der Waals surface area contributed by atoms with Gasteiger partial charge in [-0.05, 0) is 106 Å². The van der Waals surface area contributed by atoms with E-state index >= 15 is 0 Å². The summed E-state index contributed by atoms with van der Waals surface area (Å²) < 4.78 is 0. The molecule has 0 aliphatic rings. The van der Waals surface area contributed by atoms with Gasteiger partial charge in [-0.2, -0.15) is 0 Å². The molecule has 9 rings (SSSR count). The normalized spacial score (nSPS) is 11.3. The summed E-state index contributed by atoms with van der Waals surface area (Å²) in [6.45, 7) is 4.46. The highest BCUT2D eigenvalue weighted by Crippen LogP contribution is 2.45. The summed E-state index contributed by atoms with van der Waals surface area (Å²) in [5, 5.41) is 7.54. The first-order valence-electron chi connectivity index (χ1n) is 17.9. The average Bonchev–Trinajstić information content (AvgIpc) is 3.21. The molecule has 52 heavy (non-hydrogen) atoms. The standard InChI is InChI=1S/C50H38N2/c1-35-25-26-39-15-9-10-21-45(39)49(35)51(40-16-5-3-6-17-40)42-31-27-37(28-32-42)38-29-33-43(34-30-38)52(41-18-7-4-8-19-41)50-36(2)44-20-11-12-22-46(44)47-23-13-14-24-48(47)50/h3-34H,1-2H3. The Morgan fingerprint density at radius 1 is 0.288 bits per heavy atom. The minimum Gasteiger partial charge on any atom is -0.310 e. The van der Waals surface area contributed by atoms with Crippen LogP contribution in [0.5, 0.6) is 0 Å². The van der Waals surface area contributed by atoms with Gasteiger partial charge in [0.1, 0.15) is 0 Å². The van der Waals surface area contributed by atoms with E-state index in [1.165, 1.54) is 65.9 Å². The smallest absolute Gasteiger partial charge is 0.0575 e. The van der Waals surface area contributed by atoms with Crippen molar-refractivity contribution in [2.45, 2.75) is 13.8 Å². The molecular weight excluding hydrogens is 629 g/mol. The molecule has 0 atom stereocenters. The lowest BCUT2D eigenvalue weighted by Crippen LogP contribution is -2.12. The summed E-state index contributed by atoms with van der Waals surface area (Å²) in [6, 6.07) is 70.1. The van der Waals surface area contributed by atoms with Crippen molar-refractivity contribution >= 4 is 66.4 Å². The van der Waals surface area contributed by atoms with Crippen LogP contribution in [-0.2, 0) is 0 Å². The van der Waals surface area contributed by atoms with Crippen LogP contribution in [0.25, 0.3) is 43.4 Å². The Morgan fingerprint density at radius 2 is 0.692 bits per heavy atom. The highest BCUT2D eigenvalue weighted by molar-refractivity contribution is 6.16. The summed E-state index contributed by atoms with van der Waals surface area (Å²) in [4.78, 5) is 4.81. The number of hydrogen-bond acceptors (Lipinski definition) is 2. The Balaban J connectivity index is 1.13. The molecule has 0 amide bonds. The van der Waals surface area contributed by atoms with Gasteiger partial charge in [0.05, 0.1) is 11.4 Å². The first-order chi connectivity index (χ1) is 25.7. The van der Waals surface area contributed by atoms with Crippen molar-refractivity contribution in [2.75, 3.05) is 9.80 Å². The van der Waals surface area contributed by atoms with Crippen molar-refractivity contribution < 1.29 is 0 Å². The molecule has 0 radical (unpaired) electrons. The van der Waals surface area contributed by atoms with E-state index in [0.29, 0.717) is 0 Å². The lowest BCUT2D eigenvalue weighted by Gasteiger charge is -2.30. The van der Waals surface area contributed by atoms with E-state index < -0.39 is 0 Å². The van der Waals surface area contributed by atoms with E-state index in [1.807, 2.05) is 0 Å². The molecule has 0 aromatic heterocycles. The topological polar surface area (TPSA) is 6.48 Å². The van der Waals surface area contributed by atoms with Crippen molar-refractivity contribution in [3.05, 3.63) is 205 Å². The van der Waals surface area contributed by atoms with Crippen LogP contribution in [0, 0.1) is 13.8 Å². The fraction of sp³-hybridized carbons (Fsp3) is 0.0400. The van der Waals surface area contributed by atoms with Crippen LogP contribution in [0.3, 0.4) is 0 Å². The minimum atomic E-state index is 1.12. The number of nitrogens with zero attached hydrogens (tertiary/aromatic N) is 2. The van der Waals surface area contributed by atoms with Crippen LogP contribution < -0.4 is 9.80 Å². The zero-order valence-electron chi connectivity index (χ0n) is 29.4. The average molecular weight is 667 g/mol. The third-order valence-corrected chi connectivity index (χ3v) is 10.3. The molecule has 0 heterocycles. The first-order valence-corrected chi connectivity index (χ1v) is 17.9. The predicted octanol–water partition coefficient (Wildman–Crippen LogP) is 14.4. The maximum absolute atomic E-state index is 2.42. The summed E-state index contributed by atoms with van der Waals surface area (Å²) in [7, 11) is 0. The van der Waals surface area contributed by atoms with Gasteiger partial charge in [-0.25, -0.2) is 0 Å². The summed E-state index contributed by atoms with van der Waals surface area (Å²) >= 11 is 0. The number of benzene rings is 9. The zero-order valence-corrected chi connectivity index (χ0v) is 29.4. The van der Waals surface area contributed by atoms with E-state index in [1.54, 1.807) is 0 Å². The van der Waals surface area contributed by atoms with Crippen LogP contribution in [0.1, 0.15) is 11.1 Å². The lowest BCUT2D eigenvalue weighted by atomic mass is 9.94. The molecule has 2 nitrogen and oxygen atoms in total. The molecule has 2 heteroatoms. The fourth-order valence-corrected chi connectivity index (χ4v) is 7.82. The van der Waals surface area contributed by atoms with Crippen LogP contribution in [-0.4, -0.2) is 0 Å². The zero-order chi connectivity index (χ0) is 35.0. The first kappa shape index (κ1) is 31.3. The van der Waals surface area contributed by atoms with Crippen molar-refractivity contribution in [3.8, 4) is 11.1 Å². The summed E-state index contributed by atoms with van der Waals surface area (Å²) in [6.07, 6.45) is 0. The summed E-state index contributed by atoms with van der Waals surface area (Å²) in [5.41, 5.74) is 11.8. The molecule has 0 spiro atoms. The third-order valence-electron chi connectivity index (χ3n) is 10.3. The Labute approximate surface area is 305 Å². The molecule has 0 aliphatic carbocycles. The van der Waals surface area contributed by atoms with Gasteiger partial charge in [0, 0.05) is 33.5 Å². The highest BCUT2D eigenvalue weighted by atomic mass is 15.2. The van der Waals surface area contributed by atoms with Gasteiger partial charge in [-0.1, -0.05) is 146 Å². The van der Waals surface area contributed by atoms with Crippen molar-refractivity contribution in [2.24, 2.45) is 0 Å². The molecular formula is C50H38N2. The predicted molar refractivity (Wildman–Crippen MR) is 223 cm³/mol. The van der Waals surface area contributed by atoms with Crippen LogP contribution in [0.2, 0.25) is 0 Å². The Hall–Kier alpha value is -6.64. The molecule has 0 fully saturated rings.